The molecule has 1 heterocycles. The highest BCUT2D eigenvalue weighted by molar-refractivity contribution is 6.06. The van der Waals surface area contributed by atoms with E-state index in [1.54, 1.807) is 17.0 Å². The minimum absolute atomic E-state index is 0.00136. The van der Waals surface area contributed by atoms with Gasteiger partial charge in [0.15, 0.2) is 5.78 Å². The number of carbonyl (C=O) groups is 2. The minimum Gasteiger partial charge on any atom is -0.378 e. The van der Waals surface area contributed by atoms with Crippen molar-refractivity contribution in [2.75, 3.05) is 29.2 Å². The molecule has 0 fully saturated rings. The van der Waals surface area contributed by atoms with Crippen LogP contribution in [0.5, 0.6) is 0 Å². The van der Waals surface area contributed by atoms with Crippen molar-refractivity contribution in [2.45, 2.75) is 38.1 Å². The van der Waals surface area contributed by atoms with Crippen LogP contribution >= 0.6 is 0 Å². The summed E-state index contributed by atoms with van der Waals surface area (Å²) >= 11 is 0. The summed E-state index contributed by atoms with van der Waals surface area (Å²) in [4.78, 5) is 31.0. The Morgan fingerprint density at radius 1 is 0.972 bits per heavy atom. The maximum atomic E-state index is 13.9. The molecule has 3 aromatic rings. The molecule has 0 saturated carbocycles. The van der Waals surface area contributed by atoms with Crippen molar-refractivity contribution in [3.63, 3.8) is 0 Å². The van der Waals surface area contributed by atoms with Crippen LogP contribution in [0.25, 0.3) is 0 Å². The summed E-state index contributed by atoms with van der Waals surface area (Å²) in [6.07, 6.45) is 1.27. The molecular formula is C30H30FN3O2. The number of allylic oxidation sites excluding steroid dienone is 1. The molecule has 0 bridgehead atoms. The summed E-state index contributed by atoms with van der Waals surface area (Å²) in [5.41, 5.74) is 5.83. The second-order valence-corrected chi connectivity index (χ2v) is 9.62. The van der Waals surface area contributed by atoms with Crippen LogP contribution in [0.1, 0.15) is 49.3 Å². The van der Waals surface area contributed by atoms with E-state index in [1.807, 2.05) is 50.2 Å². The summed E-state index contributed by atoms with van der Waals surface area (Å²) in [6, 6.07) is 21.5. The number of benzene rings is 3. The average molecular weight is 484 g/mol. The van der Waals surface area contributed by atoms with Gasteiger partial charge in [-0.05, 0) is 59.9 Å². The van der Waals surface area contributed by atoms with E-state index in [4.69, 9.17) is 0 Å². The molecule has 0 saturated heterocycles. The van der Waals surface area contributed by atoms with Crippen LogP contribution in [-0.4, -0.2) is 25.8 Å². The fourth-order valence-electron chi connectivity index (χ4n) is 5.28. The normalized spacial score (nSPS) is 19.2. The number of hydrogen-bond acceptors (Lipinski definition) is 4. The van der Waals surface area contributed by atoms with Gasteiger partial charge in [0.05, 0.1) is 17.4 Å². The van der Waals surface area contributed by atoms with E-state index in [9.17, 15) is 14.0 Å². The van der Waals surface area contributed by atoms with Crippen LogP contribution < -0.4 is 15.1 Å². The van der Waals surface area contributed by atoms with Gasteiger partial charge in [0.2, 0.25) is 5.91 Å². The number of rotatable bonds is 4. The predicted octanol–water partition coefficient (Wildman–Crippen LogP) is 6.20. The maximum absolute atomic E-state index is 13.9. The Hall–Kier alpha value is -3.93. The van der Waals surface area contributed by atoms with Gasteiger partial charge in [-0.3, -0.25) is 14.5 Å². The third-order valence-electron chi connectivity index (χ3n) is 7.13. The number of nitrogens with zero attached hydrogens (tertiary/aromatic N) is 2. The Kier molecular flexibility index (Phi) is 6.35. The van der Waals surface area contributed by atoms with Gasteiger partial charge in [0, 0.05) is 43.9 Å². The Bertz CT molecular complexity index is 1330. The van der Waals surface area contributed by atoms with Crippen molar-refractivity contribution in [1.82, 2.24) is 0 Å². The van der Waals surface area contributed by atoms with Crippen molar-refractivity contribution in [1.29, 1.82) is 0 Å². The van der Waals surface area contributed by atoms with E-state index >= 15 is 0 Å². The summed E-state index contributed by atoms with van der Waals surface area (Å²) < 4.78 is 13.8. The van der Waals surface area contributed by atoms with E-state index in [0.717, 1.165) is 22.6 Å². The number of para-hydroxylation sites is 2. The molecule has 1 aliphatic heterocycles. The molecule has 36 heavy (non-hydrogen) atoms. The highest BCUT2D eigenvalue weighted by atomic mass is 19.1. The molecule has 5 nitrogen and oxygen atoms in total. The maximum Gasteiger partial charge on any atom is 0.227 e. The Morgan fingerprint density at radius 2 is 1.64 bits per heavy atom. The first-order valence-corrected chi connectivity index (χ1v) is 12.3. The van der Waals surface area contributed by atoms with Crippen LogP contribution in [0, 0.1) is 5.82 Å². The van der Waals surface area contributed by atoms with Gasteiger partial charge in [-0.2, -0.15) is 0 Å². The summed E-state index contributed by atoms with van der Waals surface area (Å²) in [5, 5.41) is 3.52. The number of amides is 1. The lowest BCUT2D eigenvalue weighted by atomic mass is 9.78. The zero-order chi connectivity index (χ0) is 25.4. The third-order valence-corrected chi connectivity index (χ3v) is 7.13. The molecule has 5 rings (SSSR count). The standard InChI is InChI=1S/C30H30FN3O2/c1-4-28(36)34-26-8-6-5-7-24(26)32-25-17-21(19-11-15-23(16-12-19)33(2)3)18-27(35)29(25)30(34)20-9-13-22(31)14-10-20/h5-16,21,30,32H,4,17-18H2,1-3H3/t21-,30-/m0/s1. The molecule has 1 N–H and O–H groups in total. The number of ketones is 1. The van der Waals surface area contributed by atoms with Crippen LogP contribution in [-0.2, 0) is 9.59 Å². The first kappa shape index (κ1) is 23.8. The predicted molar refractivity (Wildman–Crippen MR) is 142 cm³/mol. The van der Waals surface area contributed by atoms with E-state index in [2.05, 4.69) is 29.6 Å². The lowest BCUT2D eigenvalue weighted by Crippen LogP contribution is -2.38. The van der Waals surface area contributed by atoms with Gasteiger partial charge in [-0.25, -0.2) is 4.39 Å². The fraction of sp³-hybridized carbons (Fsp3) is 0.267. The van der Waals surface area contributed by atoms with Crippen LogP contribution in [0.3, 0.4) is 0 Å². The number of halogens is 1. The first-order valence-electron chi connectivity index (χ1n) is 12.3. The molecule has 0 spiro atoms. The van der Waals surface area contributed by atoms with Crippen molar-refractivity contribution in [3.05, 3.63) is 101 Å². The molecule has 2 atom stereocenters. The average Bonchev–Trinajstić information content (AvgIpc) is 3.03. The SMILES string of the molecule is CCC(=O)N1c2ccccc2NC2=C(C(=O)C[C@@H](c3ccc(N(C)C)cc3)C2)[C@@H]1c1ccc(F)cc1. The molecule has 2 aliphatic rings. The quantitative estimate of drug-likeness (QED) is 0.480. The van der Waals surface area contributed by atoms with E-state index in [-0.39, 0.29) is 29.8 Å². The number of anilines is 3. The zero-order valence-corrected chi connectivity index (χ0v) is 20.8. The van der Waals surface area contributed by atoms with Crippen molar-refractivity contribution < 1.29 is 14.0 Å². The van der Waals surface area contributed by atoms with E-state index < -0.39 is 6.04 Å². The van der Waals surface area contributed by atoms with Crippen LogP contribution in [0.2, 0.25) is 0 Å². The molecule has 6 heteroatoms. The molecule has 3 aromatic carbocycles. The Balaban J connectivity index is 1.65. The van der Waals surface area contributed by atoms with Gasteiger partial charge in [-0.1, -0.05) is 43.3 Å². The minimum atomic E-state index is -0.631. The van der Waals surface area contributed by atoms with Gasteiger partial charge < -0.3 is 10.2 Å². The van der Waals surface area contributed by atoms with Gasteiger partial charge >= 0.3 is 0 Å². The highest BCUT2D eigenvalue weighted by Gasteiger charge is 2.41. The third kappa shape index (κ3) is 4.28. The Labute approximate surface area is 211 Å². The second kappa shape index (κ2) is 9.61. The van der Waals surface area contributed by atoms with Crippen molar-refractivity contribution in [2.24, 2.45) is 0 Å². The van der Waals surface area contributed by atoms with Crippen molar-refractivity contribution >= 4 is 28.8 Å². The molecule has 1 aliphatic carbocycles. The molecule has 0 radical (unpaired) electrons. The van der Waals surface area contributed by atoms with Gasteiger partial charge in [0.25, 0.3) is 0 Å². The summed E-state index contributed by atoms with van der Waals surface area (Å²) in [6.45, 7) is 1.82. The molecule has 184 valence electrons. The zero-order valence-electron chi connectivity index (χ0n) is 20.8. The smallest absolute Gasteiger partial charge is 0.227 e. The molecule has 1 amide bonds. The summed E-state index contributed by atoms with van der Waals surface area (Å²) in [5.74, 6) is -0.429. The lowest BCUT2D eigenvalue weighted by molar-refractivity contribution is -0.119. The highest BCUT2D eigenvalue weighted by Crippen LogP contribution is 2.47. The van der Waals surface area contributed by atoms with Gasteiger partial charge in [-0.15, -0.1) is 0 Å². The number of fused-ring (bicyclic) bond motifs is 1. The van der Waals surface area contributed by atoms with Crippen LogP contribution in [0.15, 0.2) is 84.1 Å². The molecular weight excluding hydrogens is 453 g/mol. The first-order chi connectivity index (χ1) is 17.4. The van der Waals surface area contributed by atoms with Crippen LogP contribution in [0.4, 0.5) is 21.5 Å². The monoisotopic (exact) mass is 483 g/mol. The number of nitrogens with one attached hydrogen (secondary N) is 1. The number of carbonyl (C=O) groups excluding carboxylic acids is 2. The van der Waals surface area contributed by atoms with E-state index in [0.29, 0.717) is 29.7 Å². The fourth-order valence-corrected chi connectivity index (χ4v) is 5.28. The second-order valence-electron chi connectivity index (χ2n) is 9.62. The van der Waals surface area contributed by atoms with Crippen molar-refractivity contribution in [3.8, 4) is 0 Å². The molecule has 0 aromatic heterocycles. The number of hydrogen-bond donors (Lipinski definition) is 1. The lowest BCUT2D eigenvalue weighted by Gasteiger charge is -2.35. The Morgan fingerprint density at radius 3 is 2.31 bits per heavy atom. The molecule has 0 unspecified atom stereocenters. The summed E-state index contributed by atoms with van der Waals surface area (Å²) in [7, 11) is 4.00. The van der Waals surface area contributed by atoms with E-state index in [1.165, 1.54) is 12.1 Å². The largest absolute Gasteiger partial charge is 0.378 e. The topological polar surface area (TPSA) is 52.7 Å². The van der Waals surface area contributed by atoms with Gasteiger partial charge in [0.1, 0.15) is 5.82 Å². The number of Topliss-reactive ketones (excluding diaryl/α,β-unsaturated/α-hetero) is 1.